The Balaban J connectivity index is 1.34. The zero-order valence-electron chi connectivity index (χ0n) is 17.1. The fraction of sp³-hybridized carbons (Fsp3) is 0.409. The average molecular weight is 466 g/mol. The van der Waals surface area contributed by atoms with Crippen LogP contribution >= 0.6 is 11.6 Å². The number of halogens is 1. The van der Waals surface area contributed by atoms with Gasteiger partial charge in [-0.1, -0.05) is 23.7 Å². The molecule has 31 heavy (non-hydrogen) atoms. The Morgan fingerprint density at radius 2 is 1.81 bits per heavy atom. The number of hydrogen-bond donors (Lipinski definition) is 0. The van der Waals surface area contributed by atoms with Crippen molar-refractivity contribution in [3.63, 3.8) is 0 Å². The first-order valence-corrected chi connectivity index (χ1v) is 12.3. The molecule has 1 aliphatic heterocycles. The highest BCUT2D eigenvalue weighted by Gasteiger charge is 2.34. The van der Waals surface area contributed by atoms with Crippen LogP contribution in [0, 0.1) is 0 Å². The lowest BCUT2D eigenvalue weighted by Gasteiger charge is -2.18. The summed E-state index contributed by atoms with van der Waals surface area (Å²) in [5.41, 5.74) is 1.98. The summed E-state index contributed by atoms with van der Waals surface area (Å²) in [7, 11) is -3.51. The Kier molecular flexibility index (Phi) is 6.41. The van der Waals surface area contributed by atoms with Gasteiger partial charge < -0.3 is 14.4 Å². The average Bonchev–Trinajstić information content (AvgIpc) is 3.51. The van der Waals surface area contributed by atoms with E-state index < -0.39 is 16.2 Å². The van der Waals surface area contributed by atoms with Crippen LogP contribution < -0.4 is 14.4 Å². The van der Waals surface area contributed by atoms with Gasteiger partial charge in [-0.05, 0) is 54.7 Å². The number of benzene rings is 2. The van der Waals surface area contributed by atoms with E-state index in [1.165, 1.54) is 18.4 Å². The Morgan fingerprint density at radius 3 is 2.45 bits per heavy atom. The molecule has 2 aromatic carbocycles. The maximum atomic E-state index is 12.8. The monoisotopic (exact) mass is 465 g/mol. The minimum absolute atomic E-state index is 0.0320. The van der Waals surface area contributed by atoms with Gasteiger partial charge in [0.2, 0.25) is 0 Å². The van der Waals surface area contributed by atoms with Crippen molar-refractivity contribution in [1.29, 1.82) is 0 Å². The molecule has 4 rings (SSSR count). The van der Waals surface area contributed by atoms with E-state index >= 15 is 0 Å². The molecule has 1 atom stereocenters. The summed E-state index contributed by atoms with van der Waals surface area (Å²) in [6, 6.07) is 13.0. The van der Waals surface area contributed by atoms with Gasteiger partial charge in [0.25, 0.3) is 16.0 Å². The molecule has 2 fully saturated rings. The quantitative estimate of drug-likeness (QED) is 0.414. The third-order valence-electron chi connectivity index (χ3n) is 5.23. The van der Waals surface area contributed by atoms with Crippen molar-refractivity contribution in [1.82, 2.24) is 0 Å². The van der Waals surface area contributed by atoms with Crippen LogP contribution in [-0.2, 0) is 19.1 Å². The van der Waals surface area contributed by atoms with Crippen molar-refractivity contribution in [3.05, 3.63) is 53.1 Å². The van der Waals surface area contributed by atoms with Gasteiger partial charge in [-0.2, -0.15) is 8.42 Å². The van der Waals surface area contributed by atoms with Gasteiger partial charge in [-0.15, -0.1) is 0 Å². The van der Waals surface area contributed by atoms with Gasteiger partial charge in [0, 0.05) is 18.7 Å². The first-order valence-electron chi connectivity index (χ1n) is 10.1. The lowest BCUT2D eigenvalue weighted by atomic mass is 10.1. The number of carbonyl (C=O) groups is 1. The van der Waals surface area contributed by atoms with Crippen LogP contribution in [0.5, 0.6) is 11.5 Å². The molecule has 1 saturated heterocycles. The summed E-state index contributed by atoms with van der Waals surface area (Å²) in [6.07, 6.45) is 3.52. The normalized spacial score (nSPS) is 19.0. The fourth-order valence-electron chi connectivity index (χ4n) is 3.53. The van der Waals surface area contributed by atoms with Crippen molar-refractivity contribution in [2.24, 2.45) is 0 Å². The van der Waals surface area contributed by atoms with Crippen LogP contribution in [0.1, 0.15) is 30.7 Å². The first-order chi connectivity index (χ1) is 14.8. The minimum Gasteiger partial charge on any atom is -0.490 e. The Labute approximate surface area is 187 Å². The van der Waals surface area contributed by atoms with Crippen molar-refractivity contribution in [2.45, 2.75) is 31.3 Å². The number of hydrogen-bond acceptors (Lipinski definition) is 6. The summed E-state index contributed by atoms with van der Waals surface area (Å²) < 4.78 is 37.9. The maximum Gasteiger partial charge on any atom is 0.268 e. The molecule has 0 bridgehead atoms. The molecule has 1 heterocycles. The number of rotatable bonds is 9. The van der Waals surface area contributed by atoms with Crippen molar-refractivity contribution in [2.75, 3.05) is 30.9 Å². The molecule has 1 amide bonds. The topological polar surface area (TPSA) is 82.1 Å². The van der Waals surface area contributed by atoms with Crippen LogP contribution in [0.3, 0.4) is 0 Å². The highest BCUT2D eigenvalue weighted by atomic mass is 35.5. The van der Waals surface area contributed by atoms with Gasteiger partial charge in [-0.3, -0.25) is 8.98 Å². The second-order valence-corrected chi connectivity index (χ2v) is 9.77. The van der Waals surface area contributed by atoms with Gasteiger partial charge >= 0.3 is 0 Å². The van der Waals surface area contributed by atoms with Crippen molar-refractivity contribution >= 4 is 33.3 Å². The van der Waals surface area contributed by atoms with Crippen LogP contribution in [0.4, 0.5) is 5.69 Å². The van der Waals surface area contributed by atoms with Crippen LogP contribution in [-0.4, -0.2) is 46.4 Å². The van der Waals surface area contributed by atoms with E-state index in [9.17, 15) is 13.2 Å². The summed E-state index contributed by atoms with van der Waals surface area (Å²) >= 11 is 6.28. The molecular formula is C22H24ClNO6S. The first kappa shape index (κ1) is 21.9. The molecular weight excluding hydrogens is 442 g/mol. The third kappa shape index (κ3) is 5.70. The molecule has 0 N–H and O–H groups in total. The van der Waals surface area contributed by atoms with Gasteiger partial charge in [-0.25, -0.2) is 0 Å². The summed E-state index contributed by atoms with van der Waals surface area (Å²) in [5, 5.41) is 0.324. The number of nitrogens with zero attached hydrogens (tertiary/aromatic N) is 1. The van der Waals surface area contributed by atoms with Crippen LogP contribution in [0.25, 0.3) is 0 Å². The Bertz CT molecular complexity index is 1050. The molecule has 1 aliphatic carbocycles. The van der Waals surface area contributed by atoms with Crippen molar-refractivity contribution in [3.8, 4) is 11.5 Å². The number of ether oxygens (including phenoxy) is 2. The van der Waals surface area contributed by atoms with Gasteiger partial charge in [0.1, 0.15) is 24.7 Å². The molecule has 9 heteroatoms. The zero-order chi connectivity index (χ0) is 22.0. The van der Waals surface area contributed by atoms with E-state index in [0.29, 0.717) is 41.1 Å². The van der Waals surface area contributed by atoms with Gasteiger partial charge in [0.15, 0.2) is 6.10 Å². The van der Waals surface area contributed by atoms with E-state index in [0.717, 1.165) is 6.26 Å². The third-order valence-corrected chi connectivity index (χ3v) is 6.12. The number of carbonyl (C=O) groups excluding carboxylic acids is 1. The van der Waals surface area contributed by atoms with E-state index in [-0.39, 0.29) is 19.1 Å². The predicted molar refractivity (Wildman–Crippen MR) is 118 cm³/mol. The highest BCUT2D eigenvalue weighted by Crippen LogP contribution is 2.40. The van der Waals surface area contributed by atoms with Crippen LogP contribution in [0.2, 0.25) is 5.02 Å². The van der Waals surface area contributed by atoms with Gasteiger partial charge in [0.05, 0.1) is 11.3 Å². The van der Waals surface area contributed by atoms with E-state index in [2.05, 4.69) is 16.3 Å². The molecule has 2 aromatic rings. The molecule has 0 radical (unpaired) electrons. The molecule has 1 saturated carbocycles. The number of anilines is 1. The Hall–Kier alpha value is -2.29. The second kappa shape index (κ2) is 9.06. The fourth-order valence-corrected chi connectivity index (χ4v) is 4.13. The van der Waals surface area contributed by atoms with Crippen LogP contribution in [0.15, 0.2) is 42.5 Å². The molecule has 0 spiro atoms. The molecule has 1 unspecified atom stereocenters. The molecule has 2 aliphatic rings. The smallest absolute Gasteiger partial charge is 0.268 e. The van der Waals surface area contributed by atoms with E-state index in [1.54, 1.807) is 23.1 Å². The highest BCUT2D eigenvalue weighted by molar-refractivity contribution is 7.85. The van der Waals surface area contributed by atoms with Crippen molar-refractivity contribution < 1.29 is 26.9 Å². The Morgan fingerprint density at radius 1 is 1.06 bits per heavy atom. The summed E-state index contributed by atoms with van der Waals surface area (Å²) in [6.45, 7) is 0.453. The summed E-state index contributed by atoms with van der Waals surface area (Å²) in [5.74, 6) is 1.65. The zero-order valence-corrected chi connectivity index (χ0v) is 18.7. The minimum atomic E-state index is -3.51. The lowest BCUT2D eigenvalue weighted by molar-refractivity contribution is -0.122. The standard InChI is InChI=1S/C22H24ClNO6S/c1-31(26,27)29-13-12-28-20-9-6-17(14-19(20)23)24-11-10-21(22(24)25)30-18-7-4-16(5-8-18)15-2-3-15/h4-9,14-15,21H,2-3,10-13H2,1H3. The molecule has 7 nitrogen and oxygen atoms in total. The SMILES string of the molecule is CS(=O)(=O)OCCOc1ccc(N2CCC(Oc3ccc(C4CC4)cc3)C2=O)cc1Cl. The second-order valence-electron chi connectivity index (χ2n) is 7.72. The maximum absolute atomic E-state index is 12.8. The predicted octanol–water partition coefficient (Wildman–Crippen LogP) is 3.76. The lowest BCUT2D eigenvalue weighted by Crippen LogP contribution is -2.32. The summed E-state index contributed by atoms with van der Waals surface area (Å²) in [4.78, 5) is 14.5. The number of amides is 1. The van der Waals surface area contributed by atoms with E-state index in [4.69, 9.17) is 21.1 Å². The molecule has 166 valence electrons. The largest absolute Gasteiger partial charge is 0.490 e. The molecule has 0 aromatic heterocycles. The van der Waals surface area contributed by atoms with E-state index in [1.807, 2.05) is 12.1 Å².